The molecule has 1 aliphatic heterocycles. The predicted octanol–water partition coefficient (Wildman–Crippen LogP) is 0.861. The number of piperidine rings is 1. The summed E-state index contributed by atoms with van der Waals surface area (Å²) in [4.78, 5) is 14.8. The Labute approximate surface area is 124 Å². The molecule has 7 heteroatoms. The van der Waals surface area contributed by atoms with Crippen LogP contribution in [0.2, 0.25) is 0 Å². The lowest BCUT2D eigenvalue weighted by Crippen LogP contribution is -2.45. The number of hydrogen-bond donors (Lipinski definition) is 2. The highest BCUT2D eigenvalue weighted by molar-refractivity contribution is 5.78. The molecule has 21 heavy (non-hydrogen) atoms. The van der Waals surface area contributed by atoms with Crippen molar-refractivity contribution in [1.29, 1.82) is 0 Å². The maximum absolute atomic E-state index is 12.2. The number of rotatable bonds is 4. The molecule has 1 amide bonds. The van der Waals surface area contributed by atoms with Crippen molar-refractivity contribution < 1.29 is 4.79 Å². The van der Waals surface area contributed by atoms with Gasteiger partial charge in [-0.3, -0.25) is 4.79 Å². The number of amides is 1. The molecule has 0 radical (unpaired) electrons. The second-order valence-corrected chi connectivity index (χ2v) is 6.15. The molecule has 2 fully saturated rings. The Morgan fingerprint density at radius 1 is 1.19 bits per heavy atom. The number of H-pyrrole nitrogens is 1. The maximum atomic E-state index is 12.2. The molecule has 1 saturated heterocycles. The molecular weight excluding hydrogens is 268 g/mol. The minimum absolute atomic E-state index is 0.128. The van der Waals surface area contributed by atoms with Crippen LogP contribution in [0.4, 0.5) is 0 Å². The standard InChI is InChI=1S/C14H24N6O/c21-14(15-10-13-16-18-19-17-13)11-6-8-20(9-7-11)12-4-2-1-3-5-12/h11-12H,1-10H2,(H,15,21)(H,16,17,18,19). The van der Waals surface area contributed by atoms with E-state index in [2.05, 4.69) is 30.8 Å². The van der Waals surface area contributed by atoms with E-state index in [9.17, 15) is 4.79 Å². The molecule has 1 aromatic heterocycles. The summed E-state index contributed by atoms with van der Waals surface area (Å²) < 4.78 is 0. The number of aromatic amines is 1. The van der Waals surface area contributed by atoms with Gasteiger partial charge in [-0.25, -0.2) is 0 Å². The third-order valence-electron chi connectivity index (χ3n) is 4.80. The van der Waals surface area contributed by atoms with E-state index in [0.717, 1.165) is 32.0 Å². The number of nitrogens with one attached hydrogen (secondary N) is 2. The SMILES string of the molecule is O=C(NCc1nn[nH]n1)C1CCN(C2CCCCC2)CC1. The van der Waals surface area contributed by atoms with Gasteiger partial charge in [0.25, 0.3) is 0 Å². The summed E-state index contributed by atoms with van der Waals surface area (Å²) in [7, 11) is 0. The summed E-state index contributed by atoms with van der Waals surface area (Å²) >= 11 is 0. The van der Waals surface area contributed by atoms with Crippen molar-refractivity contribution in [3.05, 3.63) is 5.82 Å². The molecule has 0 unspecified atom stereocenters. The van der Waals surface area contributed by atoms with Crippen LogP contribution >= 0.6 is 0 Å². The minimum atomic E-state index is 0.128. The zero-order valence-corrected chi connectivity index (χ0v) is 12.4. The molecule has 7 nitrogen and oxygen atoms in total. The second-order valence-electron chi connectivity index (χ2n) is 6.15. The molecule has 1 aliphatic carbocycles. The summed E-state index contributed by atoms with van der Waals surface area (Å²) in [6.45, 7) is 2.48. The van der Waals surface area contributed by atoms with E-state index in [1.54, 1.807) is 0 Å². The Kier molecular flexibility index (Phi) is 4.80. The number of nitrogens with zero attached hydrogens (tertiary/aromatic N) is 4. The van der Waals surface area contributed by atoms with Crippen LogP contribution in [0.1, 0.15) is 50.8 Å². The van der Waals surface area contributed by atoms with Gasteiger partial charge in [0, 0.05) is 12.0 Å². The van der Waals surface area contributed by atoms with Gasteiger partial charge in [0.15, 0.2) is 5.82 Å². The number of tetrazole rings is 1. The number of carbonyl (C=O) groups excluding carboxylic acids is 1. The van der Waals surface area contributed by atoms with Gasteiger partial charge in [0.1, 0.15) is 0 Å². The van der Waals surface area contributed by atoms with Crippen LogP contribution in [0.25, 0.3) is 0 Å². The molecule has 116 valence electrons. The van der Waals surface area contributed by atoms with E-state index < -0.39 is 0 Å². The number of hydrogen-bond acceptors (Lipinski definition) is 5. The van der Waals surface area contributed by atoms with Crippen LogP contribution in [0.5, 0.6) is 0 Å². The topological polar surface area (TPSA) is 86.8 Å². The first-order valence-corrected chi connectivity index (χ1v) is 8.07. The summed E-state index contributed by atoms with van der Waals surface area (Å²) in [5.74, 6) is 0.794. The number of likely N-dealkylation sites (tertiary alicyclic amines) is 1. The Morgan fingerprint density at radius 2 is 1.95 bits per heavy atom. The van der Waals surface area contributed by atoms with Crippen LogP contribution in [-0.4, -0.2) is 50.6 Å². The molecule has 0 spiro atoms. The van der Waals surface area contributed by atoms with Gasteiger partial charge >= 0.3 is 0 Å². The maximum Gasteiger partial charge on any atom is 0.223 e. The third kappa shape index (κ3) is 3.78. The van der Waals surface area contributed by atoms with Gasteiger partial charge in [-0.05, 0) is 38.8 Å². The van der Waals surface area contributed by atoms with Crippen molar-refractivity contribution in [3.8, 4) is 0 Å². The summed E-state index contributed by atoms with van der Waals surface area (Å²) in [5, 5.41) is 16.4. The highest BCUT2D eigenvalue weighted by atomic mass is 16.1. The lowest BCUT2D eigenvalue weighted by molar-refractivity contribution is -0.126. The monoisotopic (exact) mass is 292 g/mol. The minimum Gasteiger partial charge on any atom is -0.348 e. The van der Waals surface area contributed by atoms with Crippen molar-refractivity contribution in [2.45, 2.75) is 57.5 Å². The first kappa shape index (κ1) is 14.4. The highest BCUT2D eigenvalue weighted by Gasteiger charge is 2.29. The molecule has 2 N–H and O–H groups in total. The fourth-order valence-corrected chi connectivity index (χ4v) is 3.54. The lowest BCUT2D eigenvalue weighted by Gasteiger charge is -2.38. The van der Waals surface area contributed by atoms with Crippen molar-refractivity contribution in [2.75, 3.05) is 13.1 Å². The summed E-state index contributed by atoms with van der Waals surface area (Å²) in [6, 6.07) is 0.766. The zero-order valence-electron chi connectivity index (χ0n) is 12.4. The van der Waals surface area contributed by atoms with E-state index >= 15 is 0 Å². The van der Waals surface area contributed by atoms with E-state index in [1.165, 1.54) is 32.1 Å². The van der Waals surface area contributed by atoms with Gasteiger partial charge in [-0.2, -0.15) is 5.21 Å². The quantitative estimate of drug-likeness (QED) is 0.859. The van der Waals surface area contributed by atoms with E-state index in [0.29, 0.717) is 12.4 Å². The second kappa shape index (κ2) is 6.98. The molecule has 0 atom stereocenters. The Hall–Kier alpha value is -1.50. The fourth-order valence-electron chi connectivity index (χ4n) is 3.54. The summed E-state index contributed by atoms with van der Waals surface area (Å²) in [6.07, 6.45) is 8.75. The average molecular weight is 292 g/mol. The van der Waals surface area contributed by atoms with Crippen LogP contribution in [0.15, 0.2) is 0 Å². The van der Waals surface area contributed by atoms with Crippen molar-refractivity contribution in [1.82, 2.24) is 30.8 Å². The zero-order chi connectivity index (χ0) is 14.5. The van der Waals surface area contributed by atoms with Gasteiger partial charge in [0.05, 0.1) is 6.54 Å². The number of carbonyl (C=O) groups is 1. The van der Waals surface area contributed by atoms with E-state index in [4.69, 9.17) is 0 Å². The fraction of sp³-hybridized carbons (Fsp3) is 0.857. The molecule has 1 saturated carbocycles. The van der Waals surface area contributed by atoms with Gasteiger partial charge in [-0.1, -0.05) is 24.5 Å². The Bertz CT molecular complexity index is 434. The van der Waals surface area contributed by atoms with Crippen LogP contribution in [0, 0.1) is 5.92 Å². The van der Waals surface area contributed by atoms with Crippen LogP contribution in [0.3, 0.4) is 0 Å². The molecule has 1 aromatic rings. The average Bonchev–Trinajstić information content (AvgIpc) is 3.07. The molecule has 2 aliphatic rings. The molecule has 2 heterocycles. The van der Waals surface area contributed by atoms with Crippen molar-refractivity contribution >= 4 is 5.91 Å². The van der Waals surface area contributed by atoms with Gasteiger partial charge in [0.2, 0.25) is 5.91 Å². The number of aromatic nitrogens is 4. The van der Waals surface area contributed by atoms with Crippen molar-refractivity contribution in [3.63, 3.8) is 0 Å². The molecular formula is C14H24N6O. The lowest BCUT2D eigenvalue weighted by atomic mass is 9.90. The third-order valence-corrected chi connectivity index (χ3v) is 4.80. The molecule has 0 aromatic carbocycles. The van der Waals surface area contributed by atoms with Gasteiger partial charge in [-0.15, -0.1) is 10.2 Å². The predicted molar refractivity (Wildman–Crippen MR) is 77.2 cm³/mol. The first-order chi connectivity index (χ1) is 10.3. The smallest absolute Gasteiger partial charge is 0.223 e. The van der Waals surface area contributed by atoms with E-state index in [-0.39, 0.29) is 11.8 Å². The largest absolute Gasteiger partial charge is 0.348 e. The van der Waals surface area contributed by atoms with E-state index in [1.807, 2.05) is 0 Å². The summed E-state index contributed by atoms with van der Waals surface area (Å²) in [5.41, 5.74) is 0. The first-order valence-electron chi connectivity index (χ1n) is 8.07. The van der Waals surface area contributed by atoms with Gasteiger partial charge < -0.3 is 10.2 Å². The normalized spacial score (nSPS) is 22.3. The molecule has 3 rings (SSSR count). The molecule has 0 bridgehead atoms. The van der Waals surface area contributed by atoms with Crippen LogP contribution in [-0.2, 0) is 11.3 Å². The van der Waals surface area contributed by atoms with Crippen LogP contribution < -0.4 is 5.32 Å². The highest BCUT2D eigenvalue weighted by Crippen LogP contribution is 2.27. The Morgan fingerprint density at radius 3 is 2.62 bits per heavy atom. The van der Waals surface area contributed by atoms with Crippen molar-refractivity contribution in [2.24, 2.45) is 5.92 Å². The Balaban J connectivity index is 1.41.